The van der Waals surface area contributed by atoms with Gasteiger partial charge in [0.05, 0.1) is 6.54 Å². The lowest BCUT2D eigenvalue weighted by Gasteiger charge is -2.14. The van der Waals surface area contributed by atoms with Crippen LogP contribution >= 0.6 is 0 Å². The normalized spacial score (nSPS) is 18.5. The van der Waals surface area contributed by atoms with E-state index in [0.717, 1.165) is 18.6 Å². The van der Waals surface area contributed by atoms with Gasteiger partial charge in [0.1, 0.15) is 11.9 Å². The molecule has 0 bridgehead atoms. The first-order valence-electron chi connectivity index (χ1n) is 6.94. The zero-order valence-electron chi connectivity index (χ0n) is 11.4. The quantitative estimate of drug-likeness (QED) is 0.816. The molecule has 1 aromatic carbocycles. The molecule has 0 spiro atoms. The van der Waals surface area contributed by atoms with Gasteiger partial charge < -0.3 is 15.8 Å². The molecule has 0 aromatic heterocycles. The van der Waals surface area contributed by atoms with Crippen molar-refractivity contribution in [2.75, 3.05) is 13.1 Å². The van der Waals surface area contributed by atoms with Crippen molar-refractivity contribution in [2.45, 2.75) is 32.3 Å². The van der Waals surface area contributed by atoms with Crippen LogP contribution in [0.3, 0.4) is 0 Å². The number of amides is 1. The van der Waals surface area contributed by atoms with Crippen molar-refractivity contribution in [3.63, 3.8) is 0 Å². The zero-order valence-corrected chi connectivity index (χ0v) is 11.4. The molecule has 0 saturated carbocycles. The Labute approximate surface area is 114 Å². The molecule has 1 aromatic rings. The maximum atomic E-state index is 11.8. The van der Waals surface area contributed by atoms with E-state index in [9.17, 15) is 4.79 Å². The van der Waals surface area contributed by atoms with Gasteiger partial charge in [0, 0.05) is 12.8 Å². The smallest absolute Gasteiger partial charge is 0.220 e. The van der Waals surface area contributed by atoms with Crippen LogP contribution in [0, 0.1) is 5.92 Å². The van der Waals surface area contributed by atoms with E-state index in [4.69, 9.17) is 10.5 Å². The van der Waals surface area contributed by atoms with Gasteiger partial charge in [-0.25, -0.2) is 0 Å². The number of fused-ring (bicyclic) bond motifs is 1. The van der Waals surface area contributed by atoms with Gasteiger partial charge in [-0.05, 0) is 24.1 Å². The van der Waals surface area contributed by atoms with Crippen LogP contribution < -0.4 is 15.8 Å². The molecule has 4 heteroatoms. The van der Waals surface area contributed by atoms with Crippen LogP contribution in [-0.2, 0) is 11.2 Å². The van der Waals surface area contributed by atoms with Gasteiger partial charge in [-0.1, -0.05) is 31.5 Å². The van der Waals surface area contributed by atoms with Gasteiger partial charge >= 0.3 is 0 Å². The summed E-state index contributed by atoms with van der Waals surface area (Å²) < 4.78 is 5.78. The molecule has 104 valence electrons. The summed E-state index contributed by atoms with van der Waals surface area (Å²) in [6.07, 6.45) is 2.37. The molecule has 0 saturated heterocycles. The monoisotopic (exact) mass is 262 g/mol. The molecule has 2 atom stereocenters. The molecule has 19 heavy (non-hydrogen) atoms. The third-order valence-corrected chi connectivity index (χ3v) is 3.63. The van der Waals surface area contributed by atoms with E-state index in [1.807, 2.05) is 18.2 Å². The summed E-state index contributed by atoms with van der Waals surface area (Å²) in [5, 5.41) is 2.94. The topological polar surface area (TPSA) is 64.4 Å². The van der Waals surface area contributed by atoms with Crippen LogP contribution in [0.25, 0.3) is 0 Å². The van der Waals surface area contributed by atoms with Crippen molar-refractivity contribution >= 4 is 5.91 Å². The molecular formula is C15H22N2O2. The first-order chi connectivity index (χ1) is 9.22. The number of para-hydroxylation sites is 1. The highest BCUT2D eigenvalue weighted by Gasteiger charge is 2.22. The fourth-order valence-corrected chi connectivity index (χ4v) is 2.32. The van der Waals surface area contributed by atoms with Crippen molar-refractivity contribution in [3.8, 4) is 5.75 Å². The van der Waals surface area contributed by atoms with Crippen molar-refractivity contribution in [1.29, 1.82) is 0 Å². The average molecular weight is 262 g/mol. The largest absolute Gasteiger partial charge is 0.488 e. The van der Waals surface area contributed by atoms with E-state index in [1.54, 1.807) is 0 Å². The predicted molar refractivity (Wildman–Crippen MR) is 75.0 cm³/mol. The summed E-state index contributed by atoms with van der Waals surface area (Å²) >= 11 is 0. The van der Waals surface area contributed by atoms with Crippen LogP contribution in [0.2, 0.25) is 0 Å². The van der Waals surface area contributed by atoms with E-state index in [1.165, 1.54) is 5.56 Å². The van der Waals surface area contributed by atoms with E-state index in [2.05, 4.69) is 18.3 Å². The van der Waals surface area contributed by atoms with Crippen LogP contribution in [0.1, 0.15) is 25.3 Å². The maximum absolute atomic E-state index is 11.8. The minimum Gasteiger partial charge on any atom is -0.488 e. The van der Waals surface area contributed by atoms with Gasteiger partial charge in [-0.3, -0.25) is 4.79 Å². The highest BCUT2D eigenvalue weighted by molar-refractivity contribution is 5.76. The second-order valence-corrected chi connectivity index (χ2v) is 5.07. The molecule has 0 radical (unpaired) electrons. The molecule has 1 aliphatic heterocycles. The Morgan fingerprint density at radius 3 is 3.00 bits per heavy atom. The Morgan fingerprint density at radius 1 is 1.53 bits per heavy atom. The number of hydrogen-bond donors (Lipinski definition) is 2. The molecule has 1 amide bonds. The van der Waals surface area contributed by atoms with E-state index >= 15 is 0 Å². The lowest BCUT2D eigenvalue weighted by atomic mass is 10.0. The fourth-order valence-electron chi connectivity index (χ4n) is 2.32. The average Bonchev–Trinajstić information content (AvgIpc) is 2.85. The van der Waals surface area contributed by atoms with Crippen molar-refractivity contribution in [2.24, 2.45) is 11.7 Å². The summed E-state index contributed by atoms with van der Waals surface area (Å²) in [4.78, 5) is 11.8. The molecule has 0 aliphatic carbocycles. The second-order valence-electron chi connectivity index (χ2n) is 5.07. The van der Waals surface area contributed by atoms with Crippen LogP contribution in [0.5, 0.6) is 5.75 Å². The Balaban J connectivity index is 1.74. The van der Waals surface area contributed by atoms with E-state index in [-0.39, 0.29) is 17.9 Å². The summed E-state index contributed by atoms with van der Waals surface area (Å²) in [5.41, 5.74) is 6.82. The van der Waals surface area contributed by atoms with Gasteiger partial charge in [-0.15, -0.1) is 0 Å². The highest BCUT2D eigenvalue weighted by atomic mass is 16.5. The number of nitrogens with two attached hydrogens (primary N) is 1. The fraction of sp³-hybridized carbons (Fsp3) is 0.533. The molecule has 1 aliphatic rings. The van der Waals surface area contributed by atoms with Crippen molar-refractivity contribution < 1.29 is 9.53 Å². The third kappa shape index (κ3) is 3.70. The number of carbonyl (C=O) groups excluding carboxylic acids is 1. The predicted octanol–water partition coefficient (Wildman–Crippen LogP) is 1.48. The minimum absolute atomic E-state index is 0.0549. The number of hydrogen-bond acceptors (Lipinski definition) is 3. The zero-order chi connectivity index (χ0) is 13.7. The number of rotatable bonds is 6. The van der Waals surface area contributed by atoms with Crippen molar-refractivity contribution in [3.05, 3.63) is 29.8 Å². The van der Waals surface area contributed by atoms with E-state index in [0.29, 0.717) is 19.5 Å². The molecule has 4 nitrogen and oxygen atoms in total. The van der Waals surface area contributed by atoms with Gasteiger partial charge in [0.15, 0.2) is 0 Å². The van der Waals surface area contributed by atoms with Crippen LogP contribution in [0.15, 0.2) is 24.3 Å². The standard InChI is InChI=1S/C15H22N2O2/c1-2-11(9-16)7-15(18)17-10-13-8-12-5-3-4-6-14(12)19-13/h3-6,11,13H,2,7-10,16H2,1H3,(H,17,18). The third-order valence-electron chi connectivity index (χ3n) is 3.63. The van der Waals surface area contributed by atoms with Gasteiger partial charge in [-0.2, -0.15) is 0 Å². The molecule has 1 heterocycles. The molecule has 0 fully saturated rings. The first kappa shape index (κ1) is 13.9. The minimum atomic E-state index is 0.0549. The van der Waals surface area contributed by atoms with Crippen LogP contribution in [-0.4, -0.2) is 25.1 Å². The molecule has 3 N–H and O–H groups in total. The summed E-state index contributed by atoms with van der Waals surface area (Å²) in [6.45, 7) is 3.19. The first-order valence-corrected chi connectivity index (χ1v) is 6.94. The summed E-state index contributed by atoms with van der Waals surface area (Å²) in [5.74, 6) is 1.29. The highest BCUT2D eigenvalue weighted by Crippen LogP contribution is 2.27. The lowest BCUT2D eigenvalue weighted by Crippen LogP contribution is -2.36. The number of carbonyl (C=O) groups is 1. The van der Waals surface area contributed by atoms with Crippen molar-refractivity contribution in [1.82, 2.24) is 5.32 Å². The number of benzene rings is 1. The lowest BCUT2D eigenvalue weighted by molar-refractivity contribution is -0.122. The number of ether oxygens (including phenoxy) is 1. The SMILES string of the molecule is CCC(CN)CC(=O)NCC1Cc2ccccc2O1. The van der Waals surface area contributed by atoms with Gasteiger partial charge in [0.25, 0.3) is 0 Å². The number of nitrogens with one attached hydrogen (secondary N) is 1. The Kier molecular flexibility index (Phi) is 4.80. The van der Waals surface area contributed by atoms with Gasteiger partial charge in [0.2, 0.25) is 5.91 Å². The Bertz CT molecular complexity index is 405. The molecule has 2 rings (SSSR count). The van der Waals surface area contributed by atoms with E-state index < -0.39 is 0 Å². The van der Waals surface area contributed by atoms with Crippen LogP contribution in [0.4, 0.5) is 0 Å². The Hall–Kier alpha value is -1.55. The second kappa shape index (κ2) is 6.57. The molecular weight excluding hydrogens is 240 g/mol. The Morgan fingerprint density at radius 2 is 2.32 bits per heavy atom. The summed E-state index contributed by atoms with van der Waals surface area (Å²) in [6, 6.07) is 8.01. The molecule has 2 unspecified atom stereocenters. The summed E-state index contributed by atoms with van der Waals surface area (Å²) in [7, 11) is 0. The maximum Gasteiger partial charge on any atom is 0.220 e.